The van der Waals surface area contributed by atoms with Gasteiger partial charge in [-0.3, -0.25) is 4.90 Å². The Hall–Kier alpha value is -1.51. The molecule has 1 heterocycles. The molecular formula is C18H20ClN2. The van der Waals surface area contributed by atoms with Gasteiger partial charge in [0.2, 0.25) is 0 Å². The summed E-state index contributed by atoms with van der Waals surface area (Å²) < 4.78 is 0. The number of benzene rings is 2. The minimum Gasteiger partial charge on any atom is -0.369 e. The summed E-state index contributed by atoms with van der Waals surface area (Å²) in [5, 5.41) is 0.819. The Bertz CT molecular complexity index is 586. The molecule has 0 N–H and O–H groups in total. The molecule has 2 aromatic carbocycles. The molecule has 3 rings (SSSR count). The van der Waals surface area contributed by atoms with Crippen LogP contribution in [0.25, 0.3) is 0 Å². The molecule has 109 valence electrons. The van der Waals surface area contributed by atoms with Crippen molar-refractivity contribution in [3.8, 4) is 0 Å². The molecule has 1 saturated heterocycles. The average Bonchev–Trinajstić information content (AvgIpc) is 2.49. The van der Waals surface area contributed by atoms with Gasteiger partial charge in [0.15, 0.2) is 0 Å². The normalized spacial score (nSPS) is 16.2. The van der Waals surface area contributed by atoms with Crippen molar-refractivity contribution < 1.29 is 0 Å². The first-order valence-corrected chi connectivity index (χ1v) is 7.72. The summed E-state index contributed by atoms with van der Waals surface area (Å²) >= 11 is 6.05. The van der Waals surface area contributed by atoms with E-state index in [0.717, 1.165) is 43.3 Å². The molecule has 3 heteroatoms. The van der Waals surface area contributed by atoms with Gasteiger partial charge in [-0.25, -0.2) is 0 Å². The highest BCUT2D eigenvalue weighted by Crippen LogP contribution is 2.18. The maximum atomic E-state index is 6.05. The van der Waals surface area contributed by atoms with Crippen molar-refractivity contribution in [2.24, 2.45) is 0 Å². The van der Waals surface area contributed by atoms with E-state index in [2.05, 4.69) is 53.1 Å². The predicted molar refractivity (Wildman–Crippen MR) is 89.8 cm³/mol. The monoisotopic (exact) mass is 299 g/mol. The first kappa shape index (κ1) is 14.4. The van der Waals surface area contributed by atoms with E-state index in [0.29, 0.717) is 0 Å². The Kier molecular flexibility index (Phi) is 4.47. The van der Waals surface area contributed by atoms with Crippen molar-refractivity contribution in [1.29, 1.82) is 0 Å². The molecule has 1 radical (unpaired) electrons. The largest absolute Gasteiger partial charge is 0.369 e. The Balaban J connectivity index is 1.56. The molecule has 0 spiro atoms. The molecule has 0 amide bonds. The molecule has 1 aliphatic rings. The van der Waals surface area contributed by atoms with Gasteiger partial charge in [0.05, 0.1) is 0 Å². The quantitative estimate of drug-likeness (QED) is 0.849. The first-order valence-electron chi connectivity index (χ1n) is 7.34. The number of hydrogen-bond acceptors (Lipinski definition) is 2. The van der Waals surface area contributed by atoms with Gasteiger partial charge < -0.3 is 4.90 Å². The average molecular weight is 300 g/mol. The molecule has 0 aromatic heterocycles. The van der Waals surface area contributed by atoms with Crippen molar-refractivity contribution in [3.63, 3.8) is 0 Å². The van der Waals surface area contributed by atoms with E-state index in [9.17, 15) is 0 Å². The molecule has 1 fully saturated rings. The van der Waals surface area contributed by atoms with Gasteiger partial charge in [0, 0.05) is 43.4 Å². The van der Waals surface area contributed by atoms with Crippen LogP contribution < -0.4 is 4.90 Å². The van der Waals surface area contributed by atoms with Crippen molar-refractivity contribution in [1.82, 2.24) is 4.90 Å². The number of halogens is 1. The fraction of sp³-hybridized carbons (Fsp3) is 0.278. The summed E-state index contributed by atoms with van der Waals surface area (Å²) in [5.41, 5.74) is 3.65. The third kappa shape index (κ3) is 3.78. The highest BCUT2D eigenvalue weighted by molar-refractivity contribution is 6.30. The lowest BCUT2D eigenvalue weighted by Crippen LogP contribution is -2.45. The Morgan fingerprint density at radius 2 is 1.67 bits per heavy atom. The number of piperazine rings is 1. The highest BCUT2D eigenvalue weighted by atomic mass is 35.5. The lowest BCUT2D eigenvalue weighted by Gasteiger charge is -2.36. The molecule has 21 heavy (non-hydrogen) atoms. The second-order valence-corrected chi connectivity index (χ2v) is 6.00. The maximum Gasteiger partial charge on any atom is 0.0409 e. The third-order valence-electron chi connectivity index (χ3n) is 3.97. The van der Waals surface area contributed by atoms with E-state index in [-0.39, 0.29) is 0 Å². The Morgan fingerprint density at radius 1 is 0.952 bits per heavy atom. The van der Waals surface area contributed by atoms with Gasteiger partial charge in [0.1, 0.15) is 0 Å². The van der Waals surface area contributed by atoms with E-state index in [1.54, 1.807) is 0 Å². The van der Waals surface area contributed by atoms with Gasteiger partial charge in [0.25, 0.3) is 0 Å². The van der Waals surface area contributed by atoms with E-state index >= 15 is 0 Å². The van der Waals surface area contributed by atoms with Crippen molar-refractivity contribution >= 4 is 17.3 Å². The van der Waals surface area contributed by atoms with Crippen molar-refractivity contribution in [3.05, 3.63) is 71.6 Å². The van der Waals surface area contributed by atoms with E-state index < -0.39 is 0 Å². The standard InChI is InChI=1S/C18H20ClN2/c1-15-5-7-18(8-6-15)21-11-9-20(10-12-21)14-16-3-2-4-17(19)13-16/h2-8,13H,1,9-12,14H2. The summed E-state index contributed by atoms with van der Waals surface area (Å²) in [4.78, 5) is 4.92. The number of anilines is 1. The molecule has 0 bridgehead atoms. The molecule has 0 atom stereocenters. The number of nitrogens with zero attached hydrogens (tertiary/aromatic N) is 2. The van der Waals surface area contributed by atoms with Crippen LogP contribution in [0.4, 0.5) is 5.69 Å². The SMILES string of the molecule is [CH2]c1ccc(N2CCN(Cc3cccc(Cl)c3)CC2)cc1. The minimum atomic E-state index is 0.819. The second-order valence-electron chi connectivity index (χ2n) is 5.56. The zero-order valence-corrected chi connectivity index (χ0v) is 12.9. The van der Waals surface area contributed by atoms with Crippen LogP contribution in [-0.2, 0) is 6.54 Å². The van der Waals surface area contributed by atoms with Crippen LogP contribution in [0.5, 0.6) is 0 Å². The summed E-state index contributed by atoms with van der Waals surface area (Å²) in [5.74, 6) is 0. The van der Waals surface area contributed by atoms with Crippen LogP contribution in [0.1, 0.15) is 11.1 Å². The fourth-order valence-corrected chi connectivity index (χ4v) is 2.98. The zero-order valence-electron chi connectivity index (χ0n) is 12.1. The number of hydrogen-bond donors (Lipinski definition) is 0. The molecule has 0 saturated carbocycles. The number of rotatable bonds is 3. The van der Waals surface area contributed by atoms with Gasteiger partial charge in [-0.15, -0.1) is 0 Å². The third-order valence-corrected chi connectivity index (χ3v) is 4.20. The van der Waals surface area contributed by atoms with Crippen LogP contribution in [0.3, 0.4) is 0 Å². The van der Waals surface area contributed by atoms with Gasteiger partial charge in [-0.05, 0) is 42.3 Å². The topological polar surface area (TPSA) is 6.48 Å². The van der Waals surface area contributed by atoms with Crippen molar-refractivity contribution in [2.75, 3.05) is 31.1 Å². The van der Waals surface area contributed by atoms with Gasteiger partial charge in [-0.2, -0.15) is 0 Å². The fourth-order valence-electron chi connectivity index (χ4n) is 2.76. The van der Waals surface area contributed by atoms with Crippen LogP contribution in [0.2, 0.25) is 5.02 Å². The maximum absolute atomic E-state index is 6.05. The smallest absolute Gasteiger partial charge is 0.0409 e. The zero-order chi connectivity index (χ0) is 14.7. The molecular weight excluding hydrogens is 280 g/mol. The molecule has 1 aliphatic heterocycles. The lowest BCUT2D eigenvalue weighted by atomic mass is 10.1. The van der Waals surface area contributed by atoms with Crippen LogP contribution in [0.15, 0.2) is 48.5 Å². The van der Waals surface area contributed by atoms with Crippen LogP contribution in [-0.4, -0.2) is 31.1 Å². The first-order chi connectivity index (χ1) is 10.2. The van der Waals surface area contributed by atoms with Crippen LogP contribution in [0, 0.1) is 6.92 Å². The summed E-state index contributed by atoms with van der Waals surface area (Å²) in [7, 11) is 0. The molecule has 2 aromatic rings. The second kappa shape index (κ2) is 6.50. The molecule has 0 unspecified atom stereocenters. The molecule has 2 nitrogen and oxygen atoms in total. The van der Waals surface area contributed by atoms with E-state index in [1.807, 2.05) is 12.1 Å². The molecule has 0 aliphatic carbocycles. The van der Waals surface area contributed by atoms with Crippen LogP contribution >= 0.6 is 11.6 Å². The summed E-state index contributed by atoms with van der Waals surface area (Å²) in [6.07, 6.45) is 0. The summed E-state index contributed by atoms with van der Waals surface area (Å²) in [6, 6.07) is 16.6. The van der Waals surface area contributed by atoms with Gasteiger partial charge >= 0.3 is 0 Å². The minimum absolute atomic E-state index is 0.819. The highest BCUT2D eigenvalue weighted by Gasteiger charge is 2.17. The van der Waals surface area contributed by atoms with E-state index in [1.165, 1.54) is 11.3 Å². The predicted octanol–water partition coefficient (Wildman–Crippen LogP) is 3.84. The van der Waals surface area contributed by atoms with Crippen molar-refractivity contribution in [2.45, 2.75) is 6.54 Å². The summed E-state index contributed by atoms with van der Waals surface area (Å²) in [6.45, 7) is 9.21. The Morgan fingerprint density at radius 3 is 2.33 bits per heavy atom. The Labute approximate surface area is 131 Å². The van der Waals surface area contributed by atoms with E-state index in [4.69, 9.17) is 11.6 Å². The van der Waals surface area contributed by atoms with Gasteiger partial charge in [-0.1, -0.05) is 35.9 Å². The lowest BCUT2D eigenvalue weighted by molar-refractivity contribution is 0.250.